The van der Waals surface area contributed by atoms with E-state index in [1.54, 1.807) is 0 Å². The summed E-state index contributed by atoms with van der Waals surface area (Å²) in [6.45, 7) is 3.21. The molecule has 126 valence electrons. The number of hydrogen-bond donors (Lipinski definition) is 2. The molecule has 0 fully saturated rings. The topological polar surface area (TPSA) is 137 Å². The van der Waals surface area contributed by atoms with Gasteiger partial charge in [-0.2, -0.15) is 0 Å². The van der Waals surface area contributed by atoms with E-state index in [9.17, 15) is 13.8 Å². The van der Waals surface area contributed by atoms with E-state index in [1.165, 1.54) is 6.92 Å². The zero-order valence-electron chi connectivity index (χ0n) is 12.8. The van der Waals surface area contributed by atoms with E-state index in [1.807, 2.05) is 6.92 Å². The molecule has 0 aromatic carbocycles. The lowest BCUT2D eigenvalue weighted by Crippen LogP contribution is -2.34. The molecule has 0 bridgehead atoms. The largest absolute Gasteiger partial charge is 0.519 e. The highest BCUT2D eigenvalue weighted by Gasteiger charge is 2.19. The van der Waals surface area contributed by atoms with Gasteiger partial charge in [-0.15, -0.1) is 0 Å². The van der Waals surface area contributed by atoms with Gasteiger partial charge < -0.3 is 19.3 Å². The maximum Gasteiger partial charge on any atom is 0.519 e. The SMILES string of the molecule is CCCCS(=N)(=O)CC[C@H](N)C(=O)OCc1oc(=O)oc1C. The van der Waals surface area contributed by atoms with Crippen molar-refractivity contribution in [3.8, 4) is 0 Å². The summed E-state index contributed by atoms with van der Waals surface area (Å²) in [7, 11) is -2.71. The molecule has 3 N–H and O–H groups in total. The Morgan fingerprint density at radius 2 is 2.09 bits per heavy atom. The van der Waals surface area contributed by atoms with Gasteiger partial charge in [0.1, 0.15) is 6.04 Å². The summed E-state index contributed by atoms with van der Waals surface area (Å²) in [5, 5.41) is 0. The molecule has 9 heteroatoms. The fourth-order valence-corrected chi connectivity index (χ4v) is 3.26. The quantitative estimate of drug-likeness (QED) is 0.646. The predicted molar refractivity (Wildman–Crippen MR) is 79.9 cm³/mol. The van der Waals surface area contributed by atoms with Crippen molar-refractivity contribution in [3.63, 3.8) is 0 Å². The zero-order chi connectivity index (χ0) is 16.8. The van der Waals surface area contributed by atoms with Gasteiger partial charge in [-0.1, -0.05) is 13.3 Å². The molecular formula is C13H22N2O6S. The summed E-state index contributed by atoms with van der Waals surface area (Å²) in [5.74, 6) is -0.835. The molecule has 0 saturated carbocycles. The average molecular weight is 334 g/mol. The minimum absolute atomic E-state index is 0.0586. The zero-order valence-corrected chi connectivity index (χ0v) is 13.6. The van der Waals surface area contributed by atoms with Crippen molar-refractivity contribution in [1.82, 2.24) is 0 Å². The maximum absolute atomic E-state index is 11.9. The standard InChI is InChI=1S/C13H22N2O6S/c1-3-4-6-22(15,18)7-5-10(14)12(16)19-8-11-9(2)20-13(17)21-11/h10,15H,3-8,14H2,1-2H3/t10-,22?/m0/s1. The second-order valence-corrected chi connectivity index (χ2v) is 7.45. The first-order valence-electron chi connectivity index (χ1n) is 7.01. The third-order valence-electron chi connectivity index (χ3n) is 3.07. The van der Waals surface area contributed by atoms with E-state index in [0.717, 1.165) is 6.42 Å². The Morgan fingerprint density at radius 1 is 1.41 bits per heavy atom. The van der Waals surface area contributed by atoms with Crippen molar-refractivity contribution in [2.24, 2.45) is 5.73 Å². The molecule has 1 aromatic rings. The Balaban J connectivity index is 2.42. The fraction of sp³-hybridized carbons (Fsp3) is 0.692. The summed E-state index contributed by atoms with van der Waals surface area (Å²) in [4.78, 5) is 22.6. The molecule has 1 rings (SSSR count). The number of nitrogens with one attached hydrogen (secondary N) is 1. The average Bonchev–Trinajstić information content (AvgIpc) is 2.78. The second-order valence-electron chi connectivity index (χ2n) is 5.01. The lowest BCUT2D eigenvalue weighted by molar-refractivity contribution is -0.147. The van der Waals surface area contributed by atoms with Crippen LogP contribution in [0, 0.1) is 11.7 Å². The van der Waals surface area contributed by atoms with Crippen LogP contribution in [0.1, 0.15) is 37.7 Å². The lowest BCUT2D eigenvalue weighted by Gasteiger charge is -2.12. The van der Waals surface area contributed by atoms with Gasteiger partial charge in [-0.05, 0) is 19.8 Å². The first kappa shape index (κ1) is 18.4. The fourth-order valence-electron chi connectivity index (χ4n) is 1.66. The first-order chi connectivity index (χ1) is 10.2. The van der Waals surface area contributed by atoms with E-state index >= 15 is 0 Å². The number of ether oxygens (including phenoxy) is 1. The predicted octanol–water partition coefficient (Wildman–Crippen LogP) is 1.15. The van der Waals surface area contributed by atoms with Crippen LogP contribution in [0.15, 0.2) is 13.6 Å². The molecule has 2 atom stereocenters. The Labute approximate surface area is 129 Å². The van der Waals surface area contributed by atoms with E-state index in [4.69, 9.17) is 15.3 Å². The molecule has 0 radical (unpaired) electrons. The smallest absolute Gasteiger partial charge is 0.456 e. The first-order valence-corrected chi connectivity index (χ1v) is 8.90. The van der Waals surface area contributed by atoms with Gasteiger partial charge >= 0.3 is 11.8 Å². The molecule has 0 aliphatic rings. The van der Waals surface area contributed by atoms with Crippen molar-refractivity contribution in [1.29, 1.82) is 4.78 Å². The van der Waals surface area contributed by atoms with Gasteiger partial charge in [0, 0.05) is 21.2 Å². The molecule has 0 spiro atoms. The van der Waals surface area contributed by atoms with Gasteiger partial charge in [0.25, 0.3) is 0 Å². The Kier molecular flexibility index (Phi) is 6.82. The van der Waals surface area contributed by atoms with Crippen LogP contribution >= 0.6 is 0 Å². The third-order valence-corrected chi connectivity index (χ3v) is 4.91. The van der Waals surface area contributed by atoms with Crippen LogP contribution < -0.4 is 11.6 Å². The summed E-state index contributed by atoms with van der Waals surface area (Å²) in [5.41, 5.74) is 5.66. The third kappa shape index (κ3) is 6.02. The minimum Gasteiger partial charge on any atom is -0.456 e. The molecule has 22 heavy (non-hydrogen) atoms. The van der Waals surface area contributed by atoms with E-state index in [-0.39, 0.29) is 30.3 Å². The van der Waals surface area contributed by atoms with Crippen molar-refractivity contribution in [3.05, 3.63) is 22.1 Å². The van der Waals surface area contributed by atoms with Gasteiger partial charge in [0.2, 0.25) is 0 Å². The van der Waals surface area contributed by atoms with Gasteiger partial charge in [0.15, 0.2) is 18.1 Å². The number of rotatable bonds is 9. The maximum atomic E-state index is 11.9. The highest BCUT2D eigenvalue weighted by molar-refractivity contribution is 7.92. The van der Waals surface area contributed by atoms with Crippen LogP contribution in [0.5, 0.6) is 0 Å². The normalized spacial score (nSPS) is 15.2. The van der Waals surface area contributed by atoms with Crippen molar-refractivity contribution in [2.45, 2.75) is 45.8 Å². The highest BCUT2D eigenvalue weighted by Crippen LogP contribution is 2.08. The molecular weight excluding hydrogens is 312 g/mol. The number of aryl methyl sites for hydroxylation is 1. The molecule has 0 amide bonds. The Hall–Kier alpha value is -1.61. The van der Waals surface area contributed by atoms with Crippen LogP contribution in [0.4, 0.5) is 0 Å². The van der Waals surface area contributed by atoms with Crippen LogP contribution in [0.2, 0.25) is 0 Å². The van der Waals surface area contributed by atoms with E-state index in [2.05, 4.69) is 8.83 Å². The van der Waals surface area contributed by atoms with Crippen molar-refractivity contribution in [2.75, 3.05) is 11.5 Å². The summed E-state index contributed by atoms with van der Waals surface area (Å²) in [6, 6.07) is -0.966. The Bertz CT molecular complexity index is 646. The van der Waals surface area contributed by atoms with Crippen LogP contribution in [0.25, 0.3) is 0 Å². The highest BCUT2D eigenvalue weighted by atomic mass is 32.2. The van der Waals surface area contributed by atoms with E-state index < -0.39 is 27.6 Å². The van der Waals surface area contributed by atoms with Crippen LogP contribution in [0.3, 0.4) is 0 Å². The monoisotopic (exact) mass is 334 g/mol. The van der Waals surface area contributed by atoms with Crippen molar-refractivity contribution >= 4 is 15.7 Å². The summed E-state index contributed by atoms with van der Waals surface area (Å²) >= 11 is 0. The number of unbranched alkanes of at least 4 members (excludes halogenated alkanes) is 1. The molecule has 8 nitrogen and oxygen atoms in total. The lowest BCUT2D eigenvalue weighted by atomic mass is 10.2. The molecule has 0 aliphatic carbocycles. The second kappa shape index (κ2) is 8.14. The minimum atomic E-state index is -2.71. The molecule has 1 aromatic heterocycles. The number of nitrogens with two attached hydrogens (primary N) is 1. The Morgan fingerprint density at radius 3 is 2.64 bits per heavy atom. The van der Waals surface area contributed by atoms with Gasteiger partial charge in [-0.25, -0.2) is 9.00 Å². The van der Waals surface area contributed by atoms with Crippen LogP contribution in [-0.2, 0) is 25.9 Å². The number of esters is 1. The van der Waals surface area contributed by atoms with Gasteiger partial charge in [-0.3, -0.25) is 9.57 Å². The molecule has 0 aliphatic heterocycles. The molecule has 1 unspecified atom stereocenters. The number of hydrogen-bond acceptors (Lipinski definition) is 8. The number of carbonyl (C=O) groups is 1. The molecule has 1 heterocycles. The van der Waals surface area contributed by atoms with Crippen molar-refractivity contribution < 1.29 is 22.6 Å². The number of carbonyl (C=O) groups excluding carboxylic acids is 1. The summed E-state index contributed by atoms with van der Waals surface area (Å²) in [6.07, 6.45) is 1.68. The van der Waals surface area contributed by atoms with Crippen LogP contribution in [-0.4, -0.2) is 27.7 Å². The van der Waals surface area contributed by atoms with Gasteiger partial charge in [0.05, 0.1) is 0 Å². The summed E-state index contributed by atoms with van der Waals surface area (Å²) < 4.78 is 33.8. The molecule has 0 saturated heterocycles. The van der Waals surface area contributed by atoms with E-state index in [0.29, 0.717) is 12.2 Å².